The summed E-state index contributed by atoms with van der Waals surface area (Å²) in [6.07, 6.45) is 2.23. The molecule has 3 aromatic rings. The second kappa shape index (κ2) is 6.30. The molecule has 2 aliphatic rings. The number of anilines is 1. The summed E-state index contributed by atoms with van der Waals surface area (Å²) in [5, 5.41) is 16.9. The predicted molar refractivity (Wildman–Crippen MR) is 108 cm³/mol. The lowest BCUT2D eigenvalue weighted by Crippen LogP contribution is -2.27. The average molecular weight is 370 g/mol. The largest absolute Gasteiger partial charge is 0.358 e. The molecule has 0 saturated heterocycles. The quantitative estimate of drug-likeness (QED) is 0.490. The summed E-state index contributed by atoms with van der Waals surface area (Å²) < 4.78 is 0. The van der Waals surface area contributed by atoms with Crippen LogP contribution in [0, 0.1) is 10.1 Å². The number of allylic oxidation sites excluding steroid dienone is 2. The van der Waals surface area contributed by atoms with Gasteiger partial charge in [-0.05, 0) is 29.4 Å². The molecule has 1 N–H and O–H groups in total. The number of non-ortho nitro benzene ring substituents is 1. The maximum atomic E-state index is 12.9. The van der Waals surface area contributed by atoms with Gasteiger partial charge in [-0.1, -0.05) is 48.5 Å². The van der Waals surface area contributed by atoms with Gasteiger partial charge in [0.1, 0.15) is 0 Å². The molecule has 0 spiro atoms. The maximum Gasteiger partial charge on any atom is 0.269 e. The maximum absolute atomic E-state index is 12.9. The fraction of sp³-hybridized carbons (Fsp3) is 0.174. The smallest absolute Gasteiger partial charge is 0.269 e. The number of benzene rings is 3. The summed E-state index contributed by atoms with van der Waals surface area (Å²) in [4.78, 5) is 23.5. The highest BCUT2D eigenvalue weighted by molar-refractivity contribution is 6.04. The minimum atomic E-state index is -0.399. The zero-order valence-corrected chi connectivity index (χ0v) is 15.1. The average Bonchev–Trinajstić information content (AvgIpc) is 2.72. The second-order valence-corrected chi connectivity index (χ2v) is 7.33. The van der Waals surface area contributed by atoms with E-state index in [1.165, 1.54) is 12.1 Å². The summed E-state index contributed by atoms with van der Waals surface area (Å²) in [5.74, 6) is -0.0413. The number of rotatable bonds is 2. The van der Waals surface area contributed by atoms with Crippen molar-refractivity contribution in [1.82, 2.24) is 0 Å². The highest BCUT2D eigenvalue weighted by atomic mass is 16.6. The van der Waals surface area contributed by atoms with Crippen molar-refractivity contribution >= 4 is 27.9 Å². The summed E-state index contributed by atoms with van der Waals surface area (Å²) in [5.41, 5.74) is 4.84. The van der Waals surface area contributed by atoms with E-state index >= 15 is 0 Å². The van der Waals surface area contributed by atoms with Crippen LogP contribution in [-0.4, -0.2) is 10.7 Å². The Kier molecular flexibility index (Phi) is 3.76. The van der Waals surface area contributed by atoms with Gasteiger partial charge in [0, 0.05) is 41.1 Å². The first-order valence-electron chi connectivity index (χ1n) is 9.43. The van der Waals surface area contributed by atoms with E-state index in [2.05, 4.69) is 29.6 Å². The van der Waals surface area contributed by atoms with Crippen molar-refractivity contribution in [2.45, 2.75) is 25.2 Å². The molecular weight excluding hydrogens is 352 g/mol. The first-order chi connectivity index (χ1) is 13.6. The van der Waals surface area contributed by atoms with Gasteiger partial charge >= 0.3 is 0 Å². The standard InChI is InChI=1S/C23H18N2O3/c26-20-7-3-6-19-22(20)21(15-8-11-16(12-9-15)25(27)28)18-13-10-14-4-1-2-5-17(14)23(18)24-19/h1-2,4-5,8-13,21,24H,3,6-7H2. The van der Waals surface area contributed by atoms with Crippen LogP contribution < -0.4 is 5.32 Å². The molecule has 1 heterocycles. The van der Waals surface area contributed by atoms with Gasteiger partial charge in [0.2, 0.25) is 0 Å². The third-order valence-electron chi connectivity index (χ3n) is 5.73. The van der Waals surface area contributed by atoms with Gasteiger partial charge in [-0.15, -0.1) is 0 Å². The van der Waals surface area contributed by atoms with Crippen molar-refractivity contribution in [2.75, 3.05) is 5.32 Å². The van der Waals surface area contributed by atoms with Crippen LogP contribution >= 0.6 is 0 Å². The van der Waals surface area contributed by atoms with Gasteiger partial charge < -0.3 is 5.32 Å². The molecule has 28 heavy (non-hydrogen) atoms. The molecule has 1 atom stereocenters. The van der Waals surface area contributed by atoms with Crippen molar-refractivity contribution < 1.29 is 9.72 Å². The number of nitrogens with zero attached hydrogens (tertiary/aromatic N) is 1. The number of hydrogen-bond donors (Lipinski definition) is 1. The molecular formula is C23H18N2O3. The lowest BCUT2D eigenvalue weighted by atomic mass is 9.75. The minimum Gasteiger partial charge on any atom is -0.358 e. The van der Waals surface area contributed by atoms with Gasteiger partial charge in [-0.2, -0.15) is 0 Å². The Morgan fingerprint density at radius 1 is 0.964 bits per heavy atom. The molecule has 5 nitrogen and oxygen atoms in total. The van der Waals surface area contributed by atoms with E-state index in [1.807, 2.05) is 12.1 Å². The van der Waals surface area contributed by atoms with Crippen molar-refractivity contribution in [3.63, 3.8) is 0 Å². The first-order valence-corrected chi connectivity index (χ1v) is 9.43. The SMILES string of the molecule is O=C1CCCC2=C1C(c1ccc([N+](=O)[O-])cc1)c1ccc3ccccc3c1N2. The zero-order chi connectivity index (χ0) is 19.3. The number of fused-ring (bicyclic) bond motifs is 3. The molecule has 0 amide bonds. The Morgan fingerprint density at radius 2 is 1.75 bits per heavy atom. The highest BCUT2D eigenvalue weighted by Gasteiger charge is 2.35. The van der Waals surface area contributed by atoms with Gasteiger partial charge in [0.25, 0.3) is 5.69 Å². The van der Waals surface area contributed by atoms with E-state index in [0.717, 1.165) is 51.7 Å². The van der Waals surface area contributed by atoms with Crippen molar-refractivity contribution in [3.05, 3.63) is 93.2 Å². The zero-order valence-electron chi connectivity index (χ0n) is 15.1. The van der Waals surface area contributed by atoms with Crippen LogP contribution in [0.2, 0.25) is 0 Å². The topological polar surface area (TPSA) is 72.2 Å². The Hall–Kier alpha value is -3.47. The number of nitro groups is 1. The third-order valence-corrected chi connectivity index (χ3v) is 5.73. The molecule has 0 saturated carbocycles. The van der Waals surface area contributed by atoms with E-state index in [9.17, 15) is 14.9 Å². The molecule has 1 aliphatic carbocycles. The van der Waals surface area contributed by atoms with Crippen LogP contribution in [-0.2, 0) is 4.79 Å². The molecule has 0 bridgehead atoms. The highest BCUT2D eigenvalue weighted by Crippen LogP contribution is 2.47. The van der Waals surface area contributed by atoms with Crippen molar-refractivity contribution in [2.24, 2.45) is 0 Å². The van der Waals surface area contributed by atoms with Crippen LogP contribution in [0.15, 0.2) is 71.9 Å². The fourth-order valence-electron chi connectivity index (χ4n) is 4.44. The number of carbonyl (C=O) groups is 1. The number of carbonyl (C=O) groups excluding carboxylic acids is 1. The van der Waals surface area contributed by atoms with Gasteiger partial charge in [0.05, 0.1) is 10.6 Å². The van der Waals surface area contributed by atoms with E-state index in [1.54, 1.807) is 12.1 Å². The lowest BCUT2D eigenvalue weighted by Gasteiger charge is -2.34. The van der Waals surface area contributed by atoms with Crippen LogP contribution in [0.1, 0.15) is 36.3 Å². The molecule has 5 rings (SSSR count). The third kappa shape index (κ3) is 2.51. The molecule has 0 aromatic heterocycles. The van der Waals surface area contributed by atoms with Crippen molar-refractivity contribution in [3.8, 4) is 0 Å². The normalized spacial score (nSPS) is 18.4. The Balaban J connectivity index is 1.75. The first kappa shape index (κ1) is 16.7. The van der Waals surface area contributed by atoms with E-state index in [-0.39, 0.29) is 17.4 Å². The Labute approximate surface area is 161 Å². The van der Waals surface area contributed by atoms with Crippen molar-refractivity contribution in [1.29, 1.82) is 0 Å². The van der Waals surface area contributed by atoms with Gasteiger partial charge in [0.15, 0.2) is 5.78 Å². The molecule has 1 aliphatic heterocycles. The minimum absolute atomic E-state index is 0.0561. The summed E-state index contributed by atoms with van der Waals surface area (Å²) in [6, 6.07) is 18.9. The van der Waals surface area contributed by atoms with Gasteiger partial charge in [-0.25, -0.2) is 0 Å². The van der Waals surface area contributed by atoms with Crippen LogP contribution in [0.5, 0.6) is 0 Å². The predicted octanol–water partition coefficient (Wildman–Crippen LogP) is 5.31. The number of nitrogens with one attached hydrogen (secondary N) is 1. The summed E-state index contributed by atoms with van der Waals surface area (Å²) in [7, 11) is 0. The van der Waals surface area contributed by atoms with E-state index < -0.39 is 4.92 Å². The summed E-state index contributed by atoms with van der Waals surface area (Å²) >= 11 is 0. The monoisotopic (exact) mass is 370 g/mol. The number of ketones is 1. The number of nitro benzene ring substituents is 1. The number of Topliss-reactive ketones (excluding diaryl/α,β-unsaturated/α-hetero) is 1. The molecule has 5 heteroatoms. The second-order valence-electron chi connectivity index (χ2n) is 7.33. The lowest BCUT2D eigenvalue weighted by molar-refractivity contribution is -0.384. The van der Waals surface area contributed by atoms with Crippen LogP contribution in [0.25, 0.3) is 10.8 Å². The van der Waals surface area contributed by atoms with E-state index in [0.29, 0.717) is 6.42 Å². The summed E-state index contributed by atoms with van der Waals surface area (Å²) in [6.45, 7) is 0. The fourth-order valence-corrected chi connectivity index (χ4v) is 4.44. The Bertz CT molecular complexity index is 1160. The van der Waals surface area contributed by atoms with Gasteiger partial charge in [-0.3, -0.25) is 14.9 Å². The molecule has 0 radical (unpaired) electrons. The molecule has 138 valence electrons. The number of hydrogen-bond acceptors (Lipinski definition) is 4. The van der Waals surface area contributed by atoms with E-state index in [4.69, 9.17) is 0 Å². The molecule has 0 fully saturated rings. The molecule has 3 aromatic carbocycles. The van der Waals surface area contributed by atoms with Crippen LogP contribution in [0.3, 0.4) is 0 Å². The Morgan fingerprint density at radius 3 is 2.54 bits per heavy atom. The van der Waals surface area contributed by atoms with Crippen LogP contribution in [0.4, 0.5) is 11.4 Å². The molecule has 1 unspecified atom stereocenters.